The molecule has 1 aromatic carbocycles. The molecule has 0 saturated carbocycles. The van der Waals surface area contributed by atoms with E-state index in [0.717, 1.165) is 30.4 Å². The van der Waals surface area contributed by atoms with Crippen LogP contribution in [-0.2, 0) is 17.6 Å². The van der Waals surface area contributed by atoms with Crippen LogP contribution in [-0.4, -0.2) is 22.8 Å². The van der Waals surface area contributed by atoms with Crippen molar-refractivity contribution < 1.29 is 14.6 Å². The Kier molecular flexibility index (Phi) is 3.69. The van der Waals surface area contributed by atoms with Crippen LogP contribution >= 0.6 is 0 Å². The number of ether oxygens (including phenoxy) is 1. The van der Waals surface area contributed by atoms with E-state index in [2.05, 4.69) is 5.32 Å². The maximum Gasteiger partial charge on any atom is 0.407 e. The Balaban J connectivity index is 1.97. The Labute approximate surface area is 113 Å². The van der Waals surface area contributed by atoms with Gasteiger partial charge in [-0.3, -0.25) is 0 Å². The van der Waals surface area contributed by atoms with Crippen LogP contribution in [0.3, 0.4) is 0 Å². The molecule has 0 radical (unpaired) electrons. The largest absolute Gasteiger partial charge is 0.508 e. The lowest BCUT2D eigenvalue weighted by atomic mass is 9.88. The van der Waals surface area contributed by atoms with E-state index in [9.17, 15) is 9.90 Å². The lowest BCUT2D eigenvalue weighted by molar-refractivity contribution is 0.0500. The molecule has 0 bridgehead atoms. The van der Waals surface area contributed by atoms with Crippen LogP contribution in [0.2, 0.25) is 0 Å². The fourth-order valence-corrected chi connectivity index (χ4v) is 2.38. The second kappa shape index (κ2) is 5.11. The number of carbonyl (C=O) groups excluding carboxylic acids is 1. The molecule has 1 amide bonds. The second-order valence-corrected chi connectivity index (χ2v) is 6.00. The first-order valence-electron chi connectivity index (χ1n) is 6.64. The molecule has 1 unspecified atom stereocenters. The summed E-state index contributed by atoms with van der Waals surface area (Å²) >= 11 is 0. The monoisotopic (exact) mass is 263 g/mol. The van der Waals surface area contributed by atoms with Gasteiger partial charge in [0.2, 0.25) is 0 Å². The average Bonchev–Trinajstić information content (AvgIpc) is 2.26. The zero-order valence-corrected chi connectivity index (χ0v) is 11.7. The Bertz CT molecular complexity index is 477. The predicted molar refractivity (Wildman–Crippen MR) is 73.3 cm³/mol. The molecule has 1 aliphatic carbocycles. The number of rotatable bonds is 1. The molecule has 19 heavy (non-hydrogen) atoms. The van der Waals surface area contributed by atoms with Crippen molar-refractivity contribution in [3.05, 3.63) is 29.3 Å². The Morgan fingerprint density at radius 2 is 2.16 bits per heavy atom. The molecule has 1 aromatic rings. The minimum atomic E-state index is -0.477. The molecule has 0 saturated heterocycles. The molecule has 0 aromatic heterocycles. The number of phenolic OH excluding ortho intramolecular Hbond substituents is 1. The average molecular weight is 263 g/mol. The van der Waals surface area contributed by atoms with E-state index >= 15 is 0 Å². The standard InChI is InChI=1S/C15H21NO3/c1-15(2,3)19-14(18)16-11-7-8-12-10(9-11)5-4-6-13(12)17/h4-6,11,17H,7-9H2,1-3H3,(H,16,18). The highest BCUT2D eigenvalue weighted by Crippen LogP contribution is 2.28. The number of hydrogen-bond donors (Lipinski definition) is 2. The summed E-state index contributed by atoms with van der Waals surface area (Å²) in [5.41, 5.74) is 1.63. The van der Waals surface area contributed by atoms with Gasteiger partial charge < -0.3 is 15.2 Å². The summed E-state index contributed by atoms with van der Waals surface area (Å²) in [5.74, 6) is 0.355. The summed E-state index contributed by atoms with van der Waals surface area (Å²) in [6.45, 7) is 5.54. The smallest absolute Gasteiger partial charge is 0.407 e. The molecule has 104 valence electrons. The van der Waals surface area contributed by atoms with Crippen LogP contribution in [0.4, 0.5) is 4.79 Å². The van der Waals surface area contributed by atoms with E-state index in [1.807, 2.05) is 32.9 Å². The third-order valence-corrected chi connectivity index (χ3v) is 3.18. The van der Waals surface area contributed by atoms with Gasteiger partial charge in [0.15, 0.2) is 0 Å². The van der Waals surface area contributed by atoms with Gasteiger partial charge in [-0.25, -0.2) is 4.79 Å². The summed E-state index contributed by atoms with van der Waals surface area (Å²) in [6.07, 6.45) is 1.97. The van der Waals surface area contributed by atoms with Gasteiger partial charge in [0, 0.05) is 6.04 Å². The number of benzene rings is 1. The van der Waals surface area contributed by atoms with E-state index in [1.165, 1.54) is 0 Å². The molecule has 1 aliphatic rings. The SMILES string of the molecule is CC(C)(C)OC(=O)NC1CCc2c(O)cccc2C1. The van der Waals surface area contributed by atoms with Crippen molar-refractivity contribution in [3.63, 3.8) is 0 Å². The van der Waals surface area contributed by atoms with Crippen LogP contribution in [0, 0.1) is 0 Å². The number of hydrogen-bond acceptors (Lipinski definition) is 3. The summed E-state index contributed by atoms with van der Waals surface area (Å²) < 4.78 is 5.25. The molecule has 4 nitrogen and oxygen atoms in total. The Hall–Kier alpha value is -1.71. The molecule has 0 heterocycles. The van der Waals surface area contributed by atoms with Gasteiger partial charge >= 0.3 is 6.09 Å². The van der Waals surface area contributed by atoms with Crippen molar-refractivity contribution in [2.75, 3.05) is 0 Å². The van der Waals surface area contributed by atoms with Gasteiger partial charge in [0.25, 0.3) is 0 Å². The third kappa shape index (κ3) is 3.63. The number of amides is 1. The number of nitrogens with one attached hydrogen (secondary N) is 1. The molecule has 2 N–H and O–H groups in total. The molecule has 0 aliphatic heterocycles. The molecule has 4 heteroatoms. The Morgan fingerprint density at radius 3 is 2.84 bits per heavy atom. The summed E-state index contributed by atoms with van der Waals surface area (Å²) in [4.78, 5) is 11.7. The zero-order valence-electron chi connectivity index (χ0n) is 11.7. The van der Waals surface area contributed by atoms with Crippen molar-refractivity contribution in [2.45, 2.75) is 51.7 Å². The summed E-state index contributed by atoms with van der Waals surface area (Å²) in [7, 11) is 0. The van der Waals surface area contributed by atoms with Crippen LogP contribution in [0.5, 0.6) is 5.75 Å². The molecule has 2 rings (SSSR count). The normalized spacial score (nSPS) is 18.6. The van der Waals surface area contributed by atoms with Gasteiger partial charge in [-0.1, -0.05) is 12.1 Å². The molecule has 0 fully saturated rings. The first-order valence-corrected chi connectivity index (χ1v) is 6.64. The van der Waals surface area contributed by atoms with Crippen LogP contribution in [0.15, 0.2) is 18.2 Å². The first kappa shape index (κ1) is 13.7. The fourth-order valence-electron chi connectivity index (χ4n) is 2.38. The number of phenols is 1. The minimum absolute atomic E-state index is 0.0733. The van der Waals surface area contributed by atoms with Crippen LogP contribution in [0.25, 0.3) is 0 Å². The van der Waals surface area contributed by atoms with E-state index in [4.69, 9.17) is 4.74 Å². The number of carbonyl (C=O) groups is 1. The van der Waals surface area contributed by atoms with E-state index < -0.39 is 5.60 Å². The quantitative estimate of drug-likeness (QED) is 0.819. The highest BCUT2D eigenvalue weighted by molar-refractivity contribution is 5.68. The predicted octanol–water partition coefficient (Wildman–Crippen LogP) is 2.77. The van der Waals surface area contributed by atoms with Crippen LogP contribution in [0.1, 0.15) is 38.3 Å². The summed E-state index contributed by atoms with van der Waals surface area (Å²) in [6, 6.07) is 5.62. The van der Waals surface area contributed by atoms with Crippen LogP contribution < -0.4 is 5.32 Å². The molecular weight excluding hydrogens is 242 g/mol. The first-order chi connectivity index (χ1) is 8.85. The highest BCUT2D eigenvalue weighted by atomic mass is 16.6. The van der Waals surface area contributed by atoms with E-state index in [-0.39, 0.29) is 12.1 Å². The third-order valence-electron chi connectivity index (χ3n) is 3.18. The van der Waals surface area contributed by atoms with E-state index in [0.29, 0.717) is 5.75 Å². The number of aromatic hydroxyl groups is 1. The second-order valence-electron chi connectivity index (χ2n) is 6.00. The molecular formula is C15H21NO3. The zero-order chi connectivity index (χ0) is 14.0. The molecule has 0 spiro atoms. The van der Waals surface area contributed by atoms with Crippen molar-refractivity contribution in [2.24, 2.45) is 0 Å². The number of alkyl carbamates (subject to hydrolysis) is 1. The molecule has 1 atom stereocenters. The Morgan fingerprint density at radius 1 is 1.42 bits per heavy atom. The van der Waals surface area contributed by atoms with Gasteiger partial charge in [0.05, 0.1) is 0 Å². The fraction of sp³-hybridized carbons (Fsp3) is 0.533. The van der Waals surface area contributed by atoms with Crippen molar-refractivity contribution in [3.8, 4) is 5.75 Å². The van der Waals surface area contributed by atoms with Gasteiger partial charge in [-0.2, -0.15) is 0 Å². The van der Waals surface area contributed by atoms with E-state index in [1.54, 1.807) is 6.07 Å². The van der Waals surface area contributed by atoms with Gasteiger partial charge in [-0.05, 0) is 57.2 Å². The minimum Gasteiger partial charge on any atom is -0.508 e. The lowest BCUT2D eigenvalue weighted by Gasteiger charge is -2.27. The van der Waals surface area contributed by atoms with Crippen molar-refractivity contribution in [1.29, 1.82) is 0 Å². The number of fused-ring (bicyclic) bond motifs is 1. The lowest BCUT2D eigenvalue weighted by Crippen LogP contribution is -2.41. The van der Waals surface area contributed by atoms with Gasteiger partial charge in [-0.15, -0.1) is 0 Å². The highest BCUT2D eigenvalue weighted by Gasteiger charge is 2.24. The van der Waals surface area contributed by atoms with Crippen molar-refractivity contribution in [1.82, 2.24) is 5.32 Å². The maximum absolute atomic E-state index is 11.7. The van der Waals surface area contributed by atoms with Gasteiger partial charge in [0.1, 0.15) is 11.4 Å². The summed E-state index contributed by atoms with van der Waals surface area (Å²) in [5, 5.41) is 12.7. The topological polar surface area (TPSA) is 58.6 Å². The maximum atomic E-state index is 11.7. The van der Waals surface area contributed by atoms with Crippen molar-refractivity contribution >= 4 is 6.09 Å².